The Balaban J connectivity index is 1.26. The summed E-state index contributed by atoms with van der Waals surface area (Å²) in [6.07, 6.45) is 1.17. The number of nitrogens with one attached hydrogen (secondary N) is 1. The molecule has 1 N–H and O–H groups in total. The first-order valence-corrected chi connectivity index (χ1v) is 9.92. The first kappa shape index (κ1) is 17.9. The van der Waals surface area contributed by atoms with Gasteiger partial charge >= 0.3 is 0 Å². The molecule has 4 rings (SSSR count). The van der Waals surface area contributed by atoms with Crippen molar-refractivity contribution >= 4 is 17.0 Å². The molecule has 140 valence electrons. The number of rotatable bonds is 5. The monoisotopic (exact) mass is 377 g/mol. The van der Waals surface area contributed by atoms with Crippen LogP contribution in [0.4, 0.5) is 10.1 Å². The topological polar surface area (TPSA) is 46.6 Å². The van der Waals surface area contributed by atoms with Crippen molar-refractivity contribution in [1.82, 2.24) is 9.88 Å². The minimum atomic E-state index is -0.242. The lowest BCUT2D eigenvalue weighted by Crippen LogP contribution is -2.31. The van der Waals surface area contributed by atoms with Crippen LogP contribution in [0.5, 0.6) is 0 Å². The number of benzene rings is 1. The summed E-state index contributed by atoms with van der Waals surface area (Å²) in [6, 6.07) is 6.53. The van der Waals surface area contributed by atoms with Gasteiger partial charge in [0.25, 0.3) is 0 Å². The van der Waals surface area contributed by atoms with E-state index in [2.05, 4.69) is 20.6 Å². The molecule has 2 atom stereocenters. The molecule has 2 saturated heterocycles. The van der Waals surface area contributed by atoms with Crippen molar-refractivity contribution in [3.05, 3.63) is 46.2 Å². The highest BCUT2D eigenvalue weighted by atomic mass is 32.1. The summed E-state index contributed by atoms with van der Waals surface area (Å²) in [5.41, 5.74) is 1.93. The van der Waals surface area contributed by atoms with E-state index in [1.165, 1.54) is 17.8 Å². The molecule has 0 amide bonds. The maximum atomic E-state index is 13.3. The third kappa shape index (κ3) is 4.40. The standard InChI is InChI=1S/C19H24FN3O2S/c1-13-21-16(12-26-13)5-6-23-8-18-19(9-23)25-11-17(10-24-18)22-15-4-2-3-14(20)7-15/h2-4,7,12,17-19,22H,5-6,8-11H2,1H3/t18-,19-/m0/s1. The Morgan fingerprint density at radius 2 is 2.04 bits per heavy atom. The Morgan fingerprint density at radius 1 is 1.27 bits per heavy atom. The van der Waals surface area contributed by atoms with E-state index in [9.17, 15) is 4.39 Å². The fourth-order valence-corrected chi connectivity index (χ4v) is 4.19. The highest BCUT2D eigenvalue weighted by Crippen LogP contribution is 2.22. The summed E-state index contributed by atoms with van der Waals surface area (Å²) < 4.78 is 25.5. The Morgan fingerprint density at radius 3 is 2.69 bits per heavy atom. The van der Waals surface area contributed by atoms with E-state index in [0.717, 1.165) is 36.8 Å². The zero-order valence-electron chi connectivity index (χ0n) is 14.9. The van der Waals surface area contributed by atoms with E-state index in [1.54, 1.807) is 17.4 Å². The van der Waals surface area contributed by atoms with E-state index >= 15 is 0 Å². The molecule has 2 aliphatic rings. The molecule has 0 radical (unpaired) electrons. The van der Waals surface area contributed by atoms with E-state index in [0.29, 0.717) is 13.2 Å². The molecule has 0 unspecified atom stereocenters. The van der Waals surface area contributed by atoms with Gasteiger partial charge < -0.3 is 14.8 Å². The number of likely N-dealkylation sites (tertiary alicyclic amines) is 1. The van der Waals surface area contributed by atoms with Crippen LogP contribution in [0.2, 0.25) is 0 Å². The molecule has 7 heteroatoms. The third-order valence-electron chi connectivity index (χ3n) is 4.86. The zero-order chi connectivity index (χ0) is 17.9. The Hall–Kier alpha value is -1.54. The number of nitrogens with zero attached hydrogens (tertiary/aromatic N) is 2. The Kier molecular flexibility index (Phi) is 5.49. The smallest absolute Gasteiger partial charge is 0.125 e. The van der Waals surface area contributed by atoms with Gasteiger partial charge in [0, 0.05) is 37.1 Å². The molecule has 0 spiro atoms. The Labute approximate surface area is 157 Å². The van der Waals surface area contributed by atoms with Crippen molar-refractivity contribution in [3.63, 3.8) is 0 Å². The molecule has 2 fully saturated rings. The van der Waals surface area contributed by atoms with Crippen molar-refractivity contribution in [2.75, 3.05) is 38.2 Å². The number of fused-ring (bicyclic) bond motifs is 1. The molecule has 2 aliphatic heterocycles. The predicted octanol–water partition coefficient (Wildman–Crippen LogP) is 2.71. The summed E-state index contributed by atoms with van der Waals surface area (Å²) in [6.45, 7) is 5.93. The molecule has 26 heavy (non-hydrogen) atoms. The molecule has 5 nitrogen and oxygen atoms in total. The number of thiazole rings is 1. The fraction of sp³-hybridized carbons (Fsp3) is 0.526. The van der Waals surface area contributed by atoms with E-state index in [-0.39, 0.29) is 24.1 Å². The van der Waals surface area contributed by atoms with E-state index < -0.39 is 0 Å². The van der Waals surface area contributed by atoms with Crippen molar-refractivity contribution in [3.8, 4) is 0 Å². The van der Waals surface area contributed by atoms with Crippen LogP contribution in [-0.4, -0.2) is 61.0 Å². The Bertz CT molecular complexity index is 725. The average Bonchev–Trinajstić information content (AvgIpc) is 3.17. The van der Waals surface area contributed by atoms with Gasteiger partial charge in [0.15, 0.2) is 0 Å². The minimum absolute atomic E-state index is 0.0360. The van der Waals surface area contributed by atoms with Gasteiger partial charge in [0.2, 0.25) is 0 Å². The second kappa shape index (κ2) is 8.00. The first-order valence-electron chi connectivity index (χ1n) is 9.04. The van der Waals surface area contributed by atoms with Crippen LogP contribution in [0.25, 0.3) is 0 Å². The minimum Gasteiger partial charge on any atom is -0.378 e. The third-order valence-corrected chi connectivity index (χ3v) is 5.68. The van der Waals surface area contributed by atoms with Gasteiger partial charge in [-0.15, -0.1) is 11.3 Å². The predicted molar refractivity (Wildman–Crippen MR) is 100 cm³/mol. The van der Waals surface area contributed by atoms with Gasteiger partial charge in [-0.25, -0.2) is 9.37 Å². The number of aryl methyl sites for hydroxylation is 1. The normalized spacial score (nSPS) is 24.4. The van der Waals surface area contributed by atoms with Gasteiger partial charge in [-0.3, -0.25) is 4.90 Å². The van der Waals surface area contributed by atoms with Crippen LogP contribution >= 0.6 is 11.3 Å². The molecular formula is C19H24FN3O2S. The van der Waals surface area contributed by atoms with Gasteiger partial charge in [-0.1, -0.05) is 6.07 Å². The molecule has 2 aromatic rings. The summed E-state index contributed by atoms with van der Waals surface area (Å²) in [7, 11) is 0. The second-order valence-corrected chi connectivity index (χ2v) is 8.02. The van der Waals surface area contributed by atoms with Crippen LogP contribution in [0, 0.1) is 12.7 Å². The number of anilines is 1. The summed E-state index contributed by atoms with van der Waals surface area (Å²) in [4.78, 5) is 6.92. The maximum absolute atomic E-state index is 13.3. The highest BCUT2D eigenvalue weighted by Gasteiger charge is 2.37. The molecule has 3 heterocycles. The van der Waals surface area contributed by atoms with Crippen LogP contribution in [-0.2, 0) is 15.9 Å². The van der Waals surface area contributed by atoms with E-state index in [1.807, 2.05) is 13.0 Å². The lowest BCUT2D eigenvalue weighted by Gasteiger charge is -2.19. The second-order valence-electron chi connectivity index (χ2n) is 6.96. The fourth-order valence-electron chi connectivity index (χ4n) is 3.54. The van der Waals surface area contributed by atoms with Gasteiger partial charge in [0.1, 0.15) is 5.82 Å². The summed E-state index contributed by atoms with van der Waals surface area (Å²) >= 11 is 1.70. The quantitative estimate of drug-likeness (QED) is 0.868. The van der Waals surface area contributed by atoms with Crippen LogP contribution in [0.1, 0.15) is 10.7 Å². The lowest BCUT2D eigenvalue weighted by atomic mass is 10.2. The first-order chi connectivity index (χ1) is 12.7. The highest BCUT2D eigenvalue weighted by molar-refractivity contribution is 7.09. The van der Waals surface area contributed by atoms with Crippen LogP contribution in [0.3, 0.4) is 0 Å². The molecule has 0 saturated carbocycles. The van der Waals surface area contributed by atoms with Crippen molar-refractivity contribution < 1.29 is 13.9 Å². The van der Waals surface area contributed by atoms with Gasteiger partial charge in [0.05, 0.1) is 42.2 Å². The van der Waals surface area contributed by atoms with Crippen molar-refractivity contribution in [2.24, 2.45) is 0 Å². The summed E-state index contributed by atoms with van der Waals surface area (Å²) in [5.74, 6) is -0.242. The zero-order valence-corrected chi connectivity index (χ0v) is 15.7. The lowest BCUT2D eigenvalue weighted by molar-refractivity contribution is -0.00461. The number of ether oxygens (including phenoxy) is 2. The van der Waals surface area contributed by atoms with Crippen LogP contribution < -0.4 is 5.32 Å². The van der Waals surface area contributed by atoms with Crippen molar-refractivity contribution in [1.29, 1.82) is 0 Å². The number of hydrogen-bond donors (Lipinski definition) is 1. The van der Waals surface area contributed by atoms with Crippen LogP contribution in [0.15, 0.2) is 29.6 Å². The number of aromatic nitrogens is 1. The molecular weight excluding hydrogens is 353 g/mol. The SMILES string of the molecule is Cc1nc(CCN2C[C@@H]3OCC(Nc4cccc(F)c4)CO[C@H]3C2)cs1. The molecule has 1 aromatic heterocycles. The largest absolute Gasteiger partial charge is 0.378 e. The number of halogens is 1. The molecule has 0 bridgehead atoms. The van der Waals surface area contributed by atoms with Gasteiger partial charge in [-0.2, -0.15) is 0 Å². The van der Waals surface area contributed by atoms with Gasteiger partial charge in [-0.05, 0) is 25.1 Å². The molecule has 0 aliphatic carbocycles. The number of hydrogen-bond acceptors (Lipinski definition) is 6. The summed E-state index contributed by atoms with van der Waals surface area (Å²) in [5, 5.41) is 6.56. The van der Waals surface area contributed by atoms with E-state index in [4.69, 9.17) is 9.47 Å². The van der Waals surface area contributed by atoms with Crippen molar-refractivity contribution in [2.45, 2.75) is 31.6 Å². The average molecular weight is 377 g/mol. The maximum Gasteiger partial charge on any atom is 0.125 e. The molecule has 1 aromatic carbocycles.